The van der Waals surface area contributed by atoms with Crippen LogP contribution in [0.15, 0.2) is 36.5 Å². The molecule has 1 heterocycles. The Morgan fingerprint density at radius 1 is 1.38 bits per heavy atom. The van der Waals surface area contributed by atoms with E-state index in [1.165, 1.54) is 19.4 Å². The summed E-state index contributed by atoms with van der Waals surface area (Å²) in [6, 6.07) is 9.84. The molecule has 0 bridgehead atoms. The minimum atomic E-state index is -0.500. The van der Waals surface area contributed by atoms with Crippen molar-refractivity contribution in [2.45, 2.75) is 6.61 Å². The van der Waals surface area contributed by atoms with E-state index in [2.05, 4.69) is 4.98 Å². The Morgan fingerprint density at radius 3 is 2.86 bits per heavy atom. The lowest BCUT2D eigenvalue weighted by molar-refractivity contribution is 0.0472. The van der Waals surface area contributed by atoms with Gasteiger partial charge in [0.2, 0.25) is 0 Å². The third kappa shape index (κ3) is 3.48. The molecule has 0 amide bonds. The normalized spacial score (nSPS) is 9.71. The third-order valence-corrected chi connectivity index (χ3v) is 2.77. The molecule has 0 aliphatic rings. The van der Waals surface area contributed by atoms with Gasteiger partial charge in [-0.2, -0.15) is 5.26 Å². The summed E-state index contributed by atoms with van der Waals surface area (Å²) in [5.41, 5.74) is 7.40. The Morgan fingerprint density at radius 2 is 2.19 bits per heavy atom. The molecule has 0 radical (unpaired) electrons. The van der Waals surface area contributed by atoms with Crippen LogP contribution in [0.4, 0.5) is 5.69 Å². The predicted molar refractivity (Wildman–Crippen MR) is 75.5 cm³/mol. The number of ether oxygens (including phenoxy) is 2. The van der Waals surface area contributed by atoms with Crippen molar-refractivity contribution in [3.05, 3.63) is 53.3 Å². The second-order valence-corrected chi connectivity index (χ2v) is 4.19. The minimum absolute atomic E-state index is 0.0575. The van der Waals surface area contributed by atoms with Gasteiger partial charge in [-0.25, -0.2) is 9.78 Å². The van der Waals surface area contributed by atoms with E-state index in [0.717, 1.165) is 0 Å². The highest BCUT2D eigenvalue weighted by Crippen LogP contribution is 2.22. The maximum atomic E-state index is 11.9. The summed E-state index contributed by atoms with van der Waals surface area (Å²) in [6.45, 7) is 0.0575. The molecule has 2 aromatic rings. The molecule has 0 unspecified atom stereocenters. The molecule has 0 saturated heterocycles. The molecule has 2 rings (SSSR count). The average Bonchev–Trinajstić information content (AvgIpc) is 2.52. The monoisotopic (exact) mass is 283 g/mol. The van der Waals surface area contributed by atoms with Crippen LogP contribution in [0.2, 0.25) is 0 Å². The lowest BCUT2D eigenvalue weighted by Crippen LogP contribution is -2.06. The number of carbonyl (C=O) groups is 1. The smallest absolute Gasteiger partial charge is 0.338 e. The molecule has 6 nitrogen and oxygen atoms in total. The first kappa shape index (κ1) is 14.3. The molecule has 106 valence electrons. The fraction of sp³-hybridized carbons (Fsp3) is 0.133. The quantitative estimate of drug-likeness (QED) is 0.679. The molecule has 2 N–H and O–H groups in total. The van der Waals surface area contributed by atoms with E-state index in [1.807, 2.05) is 6.07 Å². The Kier molecular flexibility index (Phi) is 4.36. The van der Waals surface area contributed by atoms with Gasteiger partial charge in [-0.05, 0) is 35.9 Å². The summed E-state index contributed by atoms with van der Waals surface area (Å²) < 4.78 is 10.2. The van der Waals surface area contributed by atoms with Crippen LogP contribution in [0.1, 0.15) is 21.6 Å². The number of carbonyl (C=O) groups excluding carboxylic acids is 1. The summed E-state index contributed by atoms with van der Waals surface area (Å²) >= 11 is 0. The summed E-state index contributed by atoms with van der Waals surface area (Å²) in [5, 5.41) is 8.75. The SMILES string of the molecule is COc1ccc(C(=O)OCc2ccnc(C#N)c2)cc1N. The summed E-state index contributed by atoms with van der Waals surface area (Å²) in [7, 11) is 1.50. The van der Waals surface area contributed by atoms with Crippen LogP contribution < -0.4 is 10.5 Å². The Balaban J connectivity index is 2.04. The number of esters is 1. The zero-order chi connectivity index (χ0) is 15.2. The van der Waals surface area contributed by atoms with E-state index >= 15 is 0 Å². The van der Waals surface area contributed by atoms with E-state index in [4.69, 9.17) is 20.5 Å². The molecule has 0 aliphatic carbocycles. The van der Waals surface area contributed by atoms with Crippen molar-refractivity contribution >= 4 is 11.7 Å². The molecule has 0 spiro atoms. The van der Waals surface area contributed by atoms with E-state index in [9.17, 15) is 4.79 Å². The van der Waals surface area contributed by atoms with Gasteiger partial charge in [-0.1, -0.05) is 0 Å². The molecule has 21 heavy (non-hydrogen) atoms. The lowest BCUT2D eigenvalue weighted by atomic mass is 10.2. The Labute approximate surface area is 121 Å². The molecule has 0 saturated carbocycles. The predicted octanol–water partition coefficient (Wildman–Crippen LogP) is 1.90. The highest BCUT2D eigenvalue weighted by Gasteiger charge is 2.10. The largest absolute Gasteiger partial charge is 0.495 e. The average molecular weight is 283 g/mol. The van der Waals surface area contributed by atoms with Gasteiger partial charge in [0.25, 0.3) is 0 Å². The Hall–Kier alpha value is -3.07. The molecule has 0 aliphatic heterocycles. The van der Waals surface area contributed by atoms with Crippen LogP contribution in [-0.2, 0) is 11.3 Å². The van der Waals surface area contributed by atoms with Crippen LogP contribution in [0.3, 0.4) is 0 Å². The van der Waals surface area contributed by atoms with Crippen molar-refractivity contribution in [2.75, 3.05) is 12.8 Å². The van der Waals surface area contributed by atoms with Gasteiger partial charge < -0.3 is 15.2 Å². The van der Waals surface area contributed by atoms with E-state index in [-0.39, 0.29) is 12.3 Å². The number of rotatable bonds is 4. The number of nitrogens with zero attached hydrogens (tertiary/aromatic N) is 2. The van der Waals surface area contributed by atoms with Crippen LogP contribution >= 0.6 is 0 Å². The molecule has 0 fully saturated rings. The zero-order valence-electron chi connectivity index (χ0n) is 11.4. The fourth-order valence-electron chi connectivity index (χ4n) is 1.72. The van der Waals surface area contributed by atoms with Crippen molar-refractivity contribution < 1.29 is 14.3 Å². The number of pyridine rings is 1. The van der Waals surface area contributed by atoms with E-state index < -0.39 is 5.97 Å². The van der Waals surface area contributed by atoms with Gasteiger partial charge in [0.1, 0.15) is 24.1 Å². The summed E-state index contributed by atoms with van der Waals surface area (Å²) in [6.07, 6.45) is 1.49. The van der Waals surface area contributed by atoms with Crippen LogP contribution in [-0.4, -0.2) is 18.1 Å². The molecule has 1 aromatic heterocycles. The number of nitrogen functional groups attached to an aromatic ring is 1. The number of nitrogens with two attached hydrogens (primary N) is 1. The van der Waals surface area contributed by atoms with Gasteiger partial charge in [-0.3, -0.25) is 0 Å². The zero-order valence-corrected chi connectivity index (χ0v) is 11.4. The summed E-state index contributed by atoms with van der Waals surface area (Å²) in [5.74, 6) is -0.000909. The highest BCUT2D eigenvalue weighted by molar-refractivity contribution is 5.91. The number of benzene rings is 1. The van der Waals surface area contributed by atoms with Crippen molar-refractivity contribution in [1.29, 1.82) is 5.26 Å². The third-order valence-electron chi connectivity index (χ3n) is 2.77. The highest BCUT2D eigenvalue weighted by atomic mass is 16.5. The molecule has 0 atom stereocenters. The molecule has 1 aromatic carbocycles. The number of hydrogen-bond acceptors (Lipinski definition) is 6. The molecular formula is C15H13N3O3. The second kappa shape index (κ2) is 6.39. The lowest BCUT2D eigenvalue weighted by Gasteiger charge is -2.08. The van der Waals surface area contributed by atoms with Crippen LogP contribution in [0.5, 0.6) is 5.75 Å². The fourth-order valence-corrected chi connectivity index (χ4v) is 1.72. The van der Waals surface area contributed by atoms with Crippen molar-refractivity contribution in [3.8, 4) is 11.8 Å². The number of anilines is 1. The first-order chi connectivity index (χ1) is 10.1. The minimum Gasteiger partial charge on any atom is -0.495 e. The van der Waals surface area contributed by atoms with Crippen LogP contribution in [0, 0.1) is 11.3 Å². The second-order valence-electron chi connectivity index (χ2n) is 4.19. The summed E-state index contributed by atoms with van der Waals surface area (Å²) in [4.78, 5) is 15.8. The van der Waals surface area contributed by atoms with Gasteiger partial charge in [0.15, 0.2) is 0 Å². The van der Waals surface area contributed by atoms with Crippen molar-refractivity contribution in [3.63, 3.8) is 0 Å². The van der Waals surface area contributed by atoms with Gasteiger partial charge in [0, 0.05) is 6.20 Å². The number of aromatic nitrogens is 1. The number of hydrogen-bond donors (Lipinski definition) is 1. The van der Waals surface area contributed by atoms with Gasteiger partial charge in [0.05, 0.1) is 18.4 Å². The Bertz CT molecular complexity index is 708. The standard InChI is InChI=1S/C15H13N3O3/c1-20-14-3-2-11(7-13(14)17)15(19)21-9-10-4-5-18-12(6-10)8-16/h2-7H,9,17H2,1H3. The van der Waals surface area contributed by atoms with E-state index in [0.29, 0.717) is 22.6 Å². The van der Waals surface area contributed by atoms with Gasteiger partial charge in [-0.15, -0.1) is 0 Å². The topological polar surface area (TPSA) is 98.2 Å². The molecule has 6 heteroatoms. The number of methoxy groups -OCH3 is 1. The van der Waals surface area contributed by atoms with E-state index in [1.54, 1.807) is 24.3 Å². The number of nitriles is 1. The first-order valence-electron chi connectivity index (χ1n) is 6.09. The van der Waals surface area contributed by atoms with Crippen molar-refractivity contribution in [1.82, 2.24) is 4.98 Å². The first-order valence-corrected chi connectivity index (χ1v) is 6.09. The van der Waals surface area contributed by atoms with Gasteiger partial charge >= 0.3 is 5.97 Å². The van der Waals surface area contributed by atoms with Crippen LogP contribution in [0.25, 0.3) is 0 Å². The maximum Gasteiger partial charge on any atom is 0.338 e. The van der Waals surface area contributed by atoms with Crippen molar-refractivity contribution in [2.24, 2.45) is 0 Å². The maximum absolute atomic E-state index is 11.9. The molecular weight excluding hydrogens is 270 g/mol.